The second-order valence-corrected chi connectivity index (χ2v) is 8.73. The first-order chi connectivity index (χ1) is 16.5. The highest BCUT2D eigenvalue weighted by Gasteiger charge is 2.24. The van der Waals surface area contributed by atoms with Crippen molar-refractivity contribution in [3.05, 3.63) is 125 Å². The molecule has 1 unspecified atom stereocenters. The predicted octanol–water partition coefficient (Wildman–Crippen LogP) is 6.94. The highest BCUT2D eigenvalue weighted by atomic mass is 16.5. The van der Waals surface area contributed by atoms with Gasteiger partial charge in [-0.25, -0.2) is 0 Å². The molecule has 1 atom stereocenters. The van der Waals surface area contributed by atoms with Crippen molar-refractivity contribution in [3.63, 3.8) is 0 Å². The quantitative estimate of drug-likeness (QED) is 0.291. The van der Waals surface area contributed by atoms with E-state index >= 15 is 0 Å². The number of hydrogen-bond donors (Lipinski definition) is 0. The molecule has 0 saturated heterocycles. The minimum absolute atomic E-state index is 0.00664. The Balaban J connectivity index is 1.67. The van der Waals surface area contributed by atoms with Crippen LogP contribution in [0.2, 0.25) is 0 Å². The van der Waals surface area contributed by atoms with Crippen molar-refractivity contribution < 1.29 is 9.53 Å². The molecule has 0 N–H and O–H groups in total. The summed E-state index contributed by atoms with van der Waals surface area (Å²) in [7, 11) is 1.67. The van der Waals surface area contributed by atoms with Gasteiger partial charge < -0.3 is 9.64 Å². The molecular formula is C31H31NO2. The van der Waals surface area contributed by atoms with Crippen LogP contribution in [0.5, 0.6) is 5.75 Å². The second kappa shape index (κ2) is 10.8. The van der Waals surface area contributed by atoms with Gasteiger partial charge >= 0.3 is 0 Å². The third kappa shape index (κ3) is 5.55. The summed E-state index contributed by atoms with van der Waals surface area (Å²) in [4.78, 5) is 16.0. The molecule has 4 rings (SSSR count). The van der Waals surface area contributed by atoms with Crippen LogP contribution < -0.4 is 4.74 Å². The van der Waals surface area contributed by atoms with Crippen molar-refractivity contribution in [1.29, 1.82) is 0 Å². The normalized spacial score (nSPS) is 11.6. The number of benzene rings is 4. The van der Waals surface area contributed by atoms with Gasteiger partial charge in [-0.1, -0.05) is 90.5 Å². The standard InChI is InChI=1S/C31H31NO2/c1-23-13-17-27(18-14-23)29-11-7-8-12-30(29)31(33)32(22-26-9-5-4-6-10-26)24(2)21-25-15-19-28(34-3)20-16-25/h4-20,24H,21-22H2,1-3H3. The lowest BCUT2D eigenvalue weighted by Crippen LogP contribution is -2.39. The Hall–Kier alpha value is -3.85. The number of aryl methyl sites for hydroxylation is 1. The predicted molar refractivity (Wildman–Crippen MR) is 139 cm³/mol. The number of carbonyl (C=O) groups excluding carboxylic acids is 1. The van der Waals surface area contributed by atoms with Gasteiger partial charge in [0.2, 0.25) is 0 Å². The summed E-state index contributed by atoms with van der Waals surface area (Å²) in [6.45, 7) is 4.75. The van der Waals surface area contributed by atoms with Gasteiger partial charge in [0.1, 0.15) is 5.75 Å². The minimum atomic E-state index is 0.00664. The number of hydrogen-bond acceptors (Lipinski definition) is 2. The minimum Gasteiger partial charge on any atom is -0.497 e. The van der Waals surface area contributed by atoms with Gasteiger partial charge in [-0.2, -0.15) is 0 Å². The highest BCUT2D eigenvalue weighted by molar-refractivity contribution is 6.01. The molecule has 0 aliphatic rings. The molecule has 4 aromatic carbocycles. The Kier molecular flexibility index (Phi) is 7.44. The van der Waals surface area contributed by atoms with Gasteiger partial charge in [0.25, 0.3) is 5.91 Å². The fraction of sp³-hybridized carbons (Fsp3) is 0.194. The number of carbonyl (C=O) groups is 1. The first-order valence-electron chi connectivity index (χ1n) is 11.7. The zero-order chi connectivity index (χ0) is 23.9. The van der Waals surface area contributed by atoms with Gasteiger partial charge in [0.05, 0.1) is 7.11 Å². The fourth-order valence-electron chi connectivity index (χ4n) is 4.23. The van der Waals surface area contributed by atoms with Crippen molar-refractivity contribution in [1.82, 2.24) is 4.90 Å². The van der Waals surface area contributed by atoms with Crippen molar-refractivity contribution in [3.8, 4) is 16.9 Å². The molecule has 0 spiro atoms. The lowest BCUT2D eigenvalue weighted by molar-refractivity contribution is 0.0676. The van der Waals surface area contributed by atoms with Crippen LogP contribution in [0.25, 0.3) is 11.1 Å². The third-order valence-corrected chi connectivity index (χ3v) is 6.20. The second-order valence-electron chi connectivity index (χ2n) is 8.73. The molecule has 0 aromatic heterocycles. The van der Waals surface area contributed by atoms with Gasteiger partial charge in [0, 0.05) is 18.2 Å². The Labute approximate surface area is 202 Å². The van der Waals surface area contributed by atoms with E-state index in [1.807, 2.05) is 59.5 Å². The van der Waals surface area contributed by atoms with E-state index in [0.717, 1.165) is 34.4 Å². The molecule has 0 saturated carbocycles. The van der Waals surface area contributed by atoms with Crippen LogP contribution in [-0.4, -0.2) is 24.0 Å². The van der Waals surface area contributed by atoms with Crippen LogP contribution in [0.3, 0.4) is 0 Å². The summed E-state index contributed by atoms with van der Waals surface area (Å²) in [5, 5.41) is 0. The lowest BCUT2D eigenvalue weighted by Gasteiger charge is -2.30. The van der Waals surface area contributed by atoms with Crippen LogP contribution in [0.1, 0.15) is 34.0 Å². The molecule has 1 amide bonds. The summed E-state index contributed by atoms with van der Waals surface area (Å²) >= 11 is 0. The molecule has 34 heavy (non-hydrogen) atoms. The van der Waals surface area contributed by atoms with Gasteiger partial charge in [0.15, 0.2) is 0 Å². The molecule has 4 aromatic rings. The SMILES string of the molecule is COc1ccc(CC(C)N(Cc2ccccc2)C(=O)c2ccccc2-c2ccc(C)cc2)cc1. The van der Waals surface area contributed by atoms with Crippen LogP contribution in [-0.2, 0) is 13.0 Å². The first kappa shape index (κ1) is 23.3. The van der Waals surface area contributed by atoms with Crippen LogP contribution in [0.4, 0.5) is 0 Å². The van der Waals surface area contributed by atoms with Gasteiger partial charge in [-0.05, 0) is 60.7 Å². The van der Waals surface area contributed by atoms with Crippen molar-refractivity contribution in [2.45, 2.75) is 32.9 Å². The smallest absolute Gasteiger partial charge is 0.255 e. The molecule has 0 fully saturated rings. The van der Waals surface area contributed by atoms with Crippen molar-refractivity contribution in [2.75, 3.05) is 7.11 Å². The number of amides is 1. The Morgan fingerprint density at radius 3 is 2.12 bits per heavy atom. The Morgan fingerprint density at radius 2 is 1.44 bits per heavy atom. The van der Waals surface area contributed by atoms with E-state index in [-0.39, 0.29) is 11.9 Å². The molecule has 0 heterocycles. The summed E-state index contributed by atoms with van der Waals surface area (Å²) in [6.07, 6.45) is 0.759. The maximum absolute atomic E-state index is 14.0. The highest BCUT2D eigenvalue weighted by Crippen LogP contribution is 2.27. The first-order valence-corrected chi connectivity index (χ1v) is 11.7. The lowest BCUT2D eigenvalue weighted by atomic mass is 9.96. The zero-order valence-corrected chi connectivity index (χ0v) is 20.1. The molecule has 0 aliphatic heterocycles. The van der Waals surface area contributed by atoms with Gasteiger partial charge in [-0.15, -0.1) is 0 Å². The molecule has 0 aliphatic carbocycles. The van der Waals surface area contributed by atoms with Crippen LogP contribution in [0, 0.1) is 6.92 Å². The molecular weight excluding hydrogens is 418 g/mol. The van der Waals surface area contributed by atoms with E-state index in [4.69, 9.17) is 4.74 Å². The Morgan fingerprint density at radius 1 is 0.794 bits per heavy atom. The molecule has 3 heteroatoms. The fourth-order valence-corrected chi connectivity index (χ4v) is 4.23. The summed E-state index contributed by atoms with van der Waals surface area (Å²) in [5.41, 5.74) is 6.23. The molecule has 0 radical (unpaired) electrons. The van der Waals surface area contributed by atoms with Crippen molar-refractivity contribution >= 4 is 5.91 Å². The Bertz CT molecular complexity index is 1210. The van der Waals surface area contributed by atoms with Crippen LogP contribution in [0.15, 0.2) is 103 Å². The topological polar surface area (TPSA) is 29.5 Å². The number of methoxy groups -OCH3 is 1. The molecule has 0 bridgehead atoms. The monoisotopic (exact) mass is 449 g/mol. The number of nitrogens with zero attached hydrogens (tertiary/aromatic N) is 1. The van der Waals surface area contributed by atoms with E-state index in [1.165, 1.54) is 11.1 Å². The summed E-state index contributed by atoms with van der Waals surface area (Å²) < 4.78 is 5.29. The van der Waals surface area contributed by atoms with E-state index in [0.29, 0.717) is 6.54 Å². The van der Waals surface area contributed by atoms with E-state index in [2.05, 4.69) is 62.4 Å². The number of rotatable bonds is 8. The average molecular weight is 450 g/mol. The number of ether oxygens (including phenoxy) is 1. The largest absolute Gasteiger partial charge is 0.497 e. The zero-order valence-electron chi connectivity index (χ0n) is 20.1. The average Bonchev–Trinajstić information content (AvgIpc) is 2.88. The summed E-state index contributed by atoms with van der Waals surface area (Å²) in [5.74, 6) is 0.877. The third-order valence-electron chi connectivity index (χ3n) is 6.20. The van der Waals surface area contributed by atoms with E-state index in [9.17, 15) is 4.79 Å². The van der Waals surface area contributed by atoms with E-state index < -0.39 is 0 Å². The van der Waals surface area contributed by atoms with Crippen molar-refractivity contribution in [2.24, 2.45) is 0 Å². The maximum atomic E-state index is 14.0. The van der Waals surface area contributed by atoms with Crippen LogP contribution >= 0.6 is 0 Å². The molecule has 3 nitrogen and oxygen atoms in total. The summed E-state index contributed by atoms with van der Waals surface area (Å²) in [6, 6.07) is 34.5. The van der Waals surface area contributed by atoms with Gasteiger partial charge in [-0.3, -0.25) is 4.79 Å². The molecule has 172 valence electrons. The van der Waals surface area contributed by atoms with E-state index in [1.54, 1.807) is 7.11 Å². The maximum Gasteiger partial charge on any atom is 0.255 e.